The molecule has 4 rings (SSSR count). The van der Waals surface area contributed by atoms with Gasteiger partial charge >= 0.3 is 5.97 Å². The Morgan fingerprint density at radius 2 is 1.83 bits per heavy atom. The molecule has 1 saturated heterocycles. The van der Waals surface area contributed by atoms with Gasteiger partial charge in [-0.25, -0.2) is 4.79 Å². The highest BCUT2D eigenvalue weighted by Gasteiger charge is 2.26. The fourth-order valence-electron chi connectivity index (χ4n) is 3.56. The molecule has 0 atom stereocenters. The van der Waals surface area contributed by atoms with Crippen LogP contribution in [0.4, 0.5) is 17.1 Å². The zero-order chi connectivity index (χ0) is 20.4. The van der Waals surface area contributed by atoms with Crippen LogP contribution >= 0.6 is 11.6 Å². The second-order valence-corrected chi connectivity index (χ2v) is 7.76. The minimum atomic E-state index is -0.399. The second kappa shape index (κ2) is 8.31. The van der Waals surface area contributed by atoms with Crippen molar-refractivity contribution in [1.29, 1.82) is 0 Å². The molecule has 2 aliphatic rings. The first kappa shape index (κ1) is 19.5. The number of amides is 1. The molecule has 152 valence electrons. The number of benzene rings is 2. The molecule has 0 radical (unpaired) electrons. The van der Waals surface area contributed by atoms with Gasteiger partial charge in [-0.15, -0.1) is 0 Å². The number of halogens is 1. The van der Waals surface area contributed by atoms with Gasteiger partial charge in [-0.1, -0.05) is 11.6 Å². The number of nitrogens with one attached hydrogen (secondary N) is 1. The maximum atomic E-state index is 12.6. The van der Waals surface area contributed by atoms with E-state index in [2.05, 4.69) is 22.2 Å². The maximum Gasteiger partial charge on any atom is 0.331 e. The van der Waals surface area contributed by atoms with Crippen molar-refractivity contribution in [3.05, 3.63) is 47.5 Å². The number of piperazine rings is 1. The van der Waals surface area contributed by atoms with Crippen LogP contribution in [0.1, 0.15) is 0 Å². The van der Waals surface area contributed by atoms with Crippen molar-refractivity contribution in [3.8, 4) is 5.75 Å². The Labute approximate surface area is 174 Å². The lowest BCUT2D eigenvalue weighted by molar-refractivity contribution is -0.133. The Morgan fingerprint density at radius 1 is 1.10 bits per heavy atom. The molecular weight excluding hydrogens is 392 g/mol. The molecule has 1 fully saturated rings. The van der Waals surface area contributed by atoms with E-state index in [9.17, 15) is 9.59 Å². The number of nitrogens with zero attached hydrogens (tertiary/aromatic N) is 3. The Morgan fingerprint density at radius 3 is 2.55 bits per heavy atom. The van der Waals surface area contributed by atoms with Gasteiger partial charge < -0.3 is 24.8 Å². The minimum Gasteiger partial charge on any atom is -0.423 e. The number of rotatable bonds is 4. The summed E-state index contributed by atoms with van der Waals surface area (Å²) in [5, 5.41) is 3.41. The predicted molar refractivity (Wildman–Crippen MR) is 114 cm³/mol. The van der Waals surface area contributed by atoms with Gasteiger partial charge in [0.2, 0.25) is 5.91 Å². The topological polar surface area (TPSA) is 65.1 Å². The second-order valence-electron chi connectivity index (χ2n) is 7.33. The monoisotopic (exact) mass is 414 g/mol. The summed E-state index contributed by atoms with van der Waals surface area (Å²) in [4.78, 5) is 30.7. The Hall–Kier alpha value is -2.77. The van der Waals surface area contributed by atoms with Gasteiger partial charge in [0, 0.05) is 42.6 Å². The highest BCUT2D eigenvalue weighted by Crippen LogP contribution is 2.34. The predicted octanol–water partition coefficient (Wildman–Crippen LogP) is 2.46. The SMILES string of the molecule is CN1CCN(c2ccc(NC(=O)CN3CC(=O)Oc4ccc(Cl)cc43)cc2)CC1. The number of hydrogen-bond acceptors (Lipinski definition) is 6. The van der Waals surface area contributed by atoms with E-state index >= 15 is 0 Å². The smallest absolute Gasteiger partial charge is 0.331 e. The molecular formula is C21H23ClN4O3. The van der Waals surface area contributed by atoms with Gasteiger partial charge in [-0.2, -0.15) is 0 Å². The number of fused-ring (bicyclic) bond motifs is 1. The van der Waals surface area contributed by atoms with Crippen molar-refractivity contribution in [3.63, 3.8) is 0 Å². The van der Waals surface area contributed by atoms with Gasteiger partial charge in [-0.05, 0) is 49.5 Å². The number of carbonyl (C=O) groups is 2. The van der Waals surface area contributed by atoms with E-state index in [1.165, 1.54) is 0 Å². The lowest BCUT2D eigenvalue weighted by Gasteiger charge is -2.34. The highest BCUT2D eigenvalue weighted by molar-refractivity contribution is 6.31. The van der Waals surface area contributed by atoms with E-state index in [1.54, 1.807) is 23.1 Å². The number of esters is 1. The molecule has 2 aromatic rings. The molecule has 29 heavy (non-hydrogen) atoms. The molecule has 2 aromatic carbocycles. The lowest BCUT2D eigenvalue weighted by atomic mass is 10.2. The molecule has 0 aromatic heterocycles. The fourth-order valence-corrected chi connectivity index (χ4v) is 3.72. The van der Waals surface area contributed by atoms with Gasteiger partial charge in [-0.3, -0.25) is 4.79 Å². The summed E-state index contributed by atoms with van der Waals surface area (Å²) in [5.41, 5.74) is 2.51. The summed E-state index contributed by atoms with van der Waals surface area (Å²) in [5.74, 6) is -0.197. The summed E-state index contributed by atoms with van der Waals surface area (Å²) >= 11 is 6.06. The standard InChI is InChI=1S/C21H23ClN4O3/c1-24-8-10-25(11-9-24)17-5-3-16(4-6-17)23-20(27)13-26-14-21(28)29-19-7-2-15(22)12-18(19)26/h2-7,12H,8-11,13-14H2,1H3,(H,23,27). The van der Waals surface area contributed by atoms with Crippen molar-refractivity contribution < 1.29 is 14.3 Å². The molecule has 0 saturated carbocycles. The number of likely N-dealkylation sites (N-methyl/N-ethyl adjacent to an activating group) is 1. The maximum absolute atomic E-state index is 12.6. The van der Waals surface area contributed by atoms with Crippen LogP contribution in [0.25, 0.3) is 0 Å². The summed E-state index contributed by atoms with van der Waals surface area (Å²) in [6, 6.07) is 12.8. The van der Waals surface area contributed by atoms with E-state index in [4.69, 9.17) is 16.3 Å². The van der Waals surface area contributed by atoms with Crippen LogP contribution in [-0.2, 0) is 9.59 Å². The van der Waals surface area contributed by atoms with Crippen molar-refractivity contribution >= 4 is 40.5 Å². The first-order chi connectivity index (χ1) is 14.0. The molecule has 0 bridgehead atoms. The Balaban J connectivity index is 1.39. The van der Waals surface area contributed by atoms with Gasteiger partial charge in [0.25, 0.3) is 0 Å². The number of hydrogen-bond donors (Lipinski definition) is 1. The number of carbonyl (C=O) groups excluding carboxylic acids is 2. The van der Waals surface area contributed by atoms with Crippen LogP contribution in [0.3, 0.4) is 0 Å². The Kier molecular flexibility index (Phi) is 5.60. The summed E-state index contributed by atoms with van der Waals surface area (Å²) in [6.45, 7) is 4.11. The summed E-state index contributed by atoms with van der Waals surface area (Å²) < 4.78 is 5.22. The average Bonchev–Trinajstić information content (AvgIpc) is 2.70. The third-order valence-corrected chi connectivity index (χ3v) is 5.39. The van der Waals surface area contributed by atoms with Gasteiger partial charge in [0.15, 0.2) is 5.75 Å². The molecule has 0 aliphatic carbocycles. The third-order valence-electron chi connectivity index (χ3n) is 5.16. The van der Waals surface area contributed by atoms with E-state index in [0.717, 1.165) is 37.6 Å². The first-order valence-corrected chi connectivity index (χ1v) is 9.94. The lowest BCUT2D eigenvalue weighted by Crippen LogP contribution is -2.44. The number of anilines is 3. The first-order valence-electron chi connectivity index (χ1n) is 9.56. The van der Waals surface area contributed by atoms with Crippen LogP contribution < -0.4 is 19.9 Å². The molecule has 7 nitrogen and oxygen atoms in total. The Bertz CT molecular complexity index is 911. The minimum absolute atomic E-state index is 0.00308. The van der Waals surface area contributed by atoms with E-state index in [-0.39, 0.29) is 19.0 Å². The average molecular weight is 415 g/mol. The molecule has 2 heterocycles. The van der Waals surface area contributed by atoms with Crippen LogP contribution in [-0.4, -0.2) is 63.1 Å². The van der Waals surface area contributed by atoms with Crippen molar-refractivity contribution in [2.45, 2.75) is 0 Å². The molecule has 8 heteroatoms. The highest BCUT2D eigenvalue weighted by atomic mass is 35.5. The van der Waals surface area contributed by atoms with E-state index < -0.39 is 5.97 Å². The fraction of sp³-hybridized carbons (Fsp3) is 0.333. The van der Waals surface area contributed by atoms with Gasteiger partial charge in [0.1, 0.15) is 6.54 Å². The quantitative estimate of drug-likeness (QED) is 0.612. The van der Waals surface area contributed by atoms with Crippen LogP contribution in [0.2, 0.25) is 5.02 Å². The van der Waals surface area contributed by atoms with Crippen molar-refractivity contribution in [2.75, 3.05) is 61.4 Å². The van der Waals surface area contributed by atoms with Crippen molar-refractivity contribution in [2.24, 2.45) is 0 Å². The third kappa shape index (κ3) is 4.63. The van der Waals surface area contributed by atoms with Crippen LogP contribution in [0, 0.1) is 0 Å². The zero-order valence-electron chi connectivity index (χ0n) is 16.2. The van der Waals surface area contributed by atoms with Crippen LogP contribution in [0.15, 0.2) is 42.5 Å². The molecule has 1 N–H and O–H groups in total. The largest absolute Gasteiger partial charge is 0.423 e. The molecule has 0 spiro atoms. The summed E-state index contributed by atoms with van der Waals surface area (Å²) in [6.07, 6.45) is 0. The molecule has 1 amide bonds. The van der Waals surface area contributed by atoms with E-state index in [1.807, 2.05) is 24.3 Å². The van der Waals surface area contributed by atoms with Gasteiger partial charge in [0.05, 0.1) is 12.2 Å². The molecule has 2 aliphatic heterocycles. The zero-order valence-corrected chi connectivity index (χ0v) is 17.0. The van der Waals surface area contributed by atoms with Crippen molar-refractivity contribution in [1.82, 2.24) is 4.90 Å². The summed E-state index contributed by atoms with van der Waals surface area (Å²) in [7, 11) is 2.13. The number of ether oxygens (including phenoxy) is 1. The normalized spacial score (nSPS) is 17.0. The van der Waals surface area contributed by atoms with E-state index in [0.29, 0.717) is 16.5 Å². The molecule has 0 unspecified atom stereocenters. The van der Waals surface area contributed by atoms with Crippen LogP contribution in [0.5, 0.6) is 5.75 Å².